The normalized spacial score (nSPS) is 12.2. The molecule has 2 N–H and O–H groups in total. The molecule has 19 heavy (non-hydrogen) atoms. The van der Waals surface area contributed by atoms with E-state index in [0.717, 1.165) is 6.42 Å². The maximum atomic E-state index is 11.9. The van der Waals surface area contributed by atoms with Gasteiger partial charge < -0.3 is 15.0 Å². The van der Waals surface area contributed by atoms with Crippen LogP contribution in [-0.2, 0) is 6.54 Å². The van der Waals surface area contributed by atoms with Gasteiger partial charge in [-0.2, -0.15) is 0 Å². The molecule has 0 saturated carbocycles. The molecule has 1 rings (SSSR count). The topological polar surface area (TPSA) is 97.4 Å². The van der Waals surface area contributed by atoms with E-state index >= 15 is 0 Å². The number of nitrogens with one attached hydrogen (secondary N) is 1. The summed E-state index contributed by atoms with van der Waals surface area (Å²) in [6.45, 7) is 4.45. The highest BCUT2D eigenvalue weighted by Gasteiger charge is 2.18. The Morgan fingerprint density at radius 1 is 1.63 bits per heavy atom. The number of nitro groups is 1. The van der Waals surface area contributed by atoms with Gasteiger partial charge in [0.05, 0.1) is 17.2 Å². The predicted molar refractivity (Wildman–Crippen MR) is 70.0 cm³/mol. The molecule has 1 unspecified atom stereocenters. The van der Waals surface area contributed by atoms with Gasteiger partial charge in [0.25, 0.3) is 11.6 Å². The molecule has 0 aromatic carbocycles. The molecule has 7 nitrogen and oxygen atoms in total. The minimum absolute atomic E-state index is 0.0888. The lowest BCUT2D eigenvalue weighted by Gasteiger charge is -2.09. The lowest BCUT2D eigenvalue weighted by molar-refractivity contribution is -0.384. The number of aliphatic hydroxyl groups is 1. The lowest BCUT2D eigenvalue weighted by atomic mass is 10.3. The zero-order valence-electron chi connectivity index (χ0n) is 11.1. The average Bonchev–Trinajstić information content (AvgIpc) is 2.73. The number of nitrogens with zero attached hydrogens (tertiary/aromatic N) is 2. The molecule has 1 aromatic heterocycles. The zero-order chi connectivity index (χ0) is 14.4. The number of aliphatic hydroxyl groups excluding tert-OH is 1. The molecule has 7 heteroatoms. The third-order valence-electron chi connectivity index (χ3n) is 2.64. The number of aromatic nitrogens is 1. The number of aryl methyl sites for hydroxylation is 1. The monoisotopic (exact) mass is 269 g/mol. The molecule has 1 atom stereocenters. The van der Waals surface area contributed by atoms with Gasteiger partial charge in [-0.15, -0.1) is 0 Å². The molecule has 0 bridgehead atoms. The average molecular weight is 269 g/mol. The SMILES string of the molecule is CCCn1cc([N+](=O)[O-])cc1C(=O)NCCC(C)O. The van der Waals surface area contributed by atoms with Crippen LogP contribution in [0.25, 0.3) is 0 Å². The standard InChI is InChI=1S/C12H19N3O4/c1-3-6-14-8-10(15(18)19)7-11(14)12(17)13-5-4-9(2)16/h7-9,16H,3-6H2,1-2H3,(H,13,17). The fourth-order valence-electron chi connectivity index (χ4n) is 1.70. The van der Waals surface area contributed by atoms with Crippen LogP contribution in [0.2, 0.25) is 0 Å². The quantitative estimate of drug-likeness (QED) is 0.576. The van der Waals surface area contributed by atoms with Crippen LogP contribution in [0.4, 0.5) is 5.69 Å². The second-order valence-electron chi connectivity index (χ2n) is 4.43. The number of hydrogen-bond donors (Lipinski definition) is 2. The number of carbonyl (C=O) groups excluding carboxylic acids is 1. The Bertz CT molecular complexity index is 454. The first-order valence-electron chi connectivity index (χ1n) is 6.26. The van der Waals surface area contributed by atoms with Crippen molar-refractivity contribution in [1.82, 2.24) is 9.88 Å². The van der Waals surface area contributed by atoms with Crippen molar-refractivity contribution >= 4 is 11.6 Å². The molecule has 0 aliphatic heterocycles. The second-order valence-corrected chi connectivity index (χ2v) is 4.43. The highest BCUT2D eigenvalue weighted by atomic mass is 16.6. The smallest absolute Gasteiger partial charge is 0.287 e. The van der Waals surface area contributed by atoms with Gasteiger partial charge in [0.1, 0.15) is 5.69 Å². The van der Waals surface area contributed by atoms with Crippen molar-refractivity contribution < 1.29 is 14.8 Å². The van der Waals surface area contributed by atoms with E-state index in [1.54, 1.807) is 11.5 Å². The zero-order valence-corrected chi connectivity index (χ0v) is 11.1. The maximum absolute atomic E-state index is 11.9. The molecule has 0 aliphatic rings. The fourth-order valence-corrected chi connectivity index (χ4v) is 1.70. The molecule has 0 spiro atoms. The third-order valence-corrected chi connectivity index (χ3v) is 2.64. The summed E-state index contributed by atoms with van der Waals surface area (Å²) in [7, 11) is 0. The van der Waals surface area contributed by atoms with E-state index in [-0.39, 0.29) is 17.3 Å². The Morgan fingerprint density at radius 3 is 2.84 bits per heavy atom. The van der Waals surface area contributed by atoms with Crippen LogP contribution >= 0.6 is 0 Å². The summed E-state index contributed by atoms with van der Waals surface area (Å²) < 4.78 is 1.58. The van der Waals surface area contributed by atoms with Crippen LogP contribution in [-0.4, -0.2) is 33.2 Å². The van der Waals surface area contributed by atoms with Gasteiger partial charge >= 0.3 is 0 Å². The van der Waals surface area contributed by atoms with E-state index in [0.29, 0.717) is 19.5 Å². The third kappa shape index (κ3) is 4.36. The second kappa shape index (κ2) is 6.89. The summed E-state index contributed by atoms with van der Waals surface area (Å²) in [6.07, 6.45) is 2.10. The molecule has 1 heterocycles. The summed E-state index contributed by atoms with van der Waals surface area (Å²) >= 11 is 0. The summed E-state index contributed by atoms with van der Waals surface area (Å²) in [5.74, 6) is -0.359. The Labute approximate surface area is 111 Å². The molecular weight excluding hydrogens is 250 g/mol. The number of carbonyl (C=O) groups is 1. The summed E-state index contributed by atoms with van der Waals surface area (Å²) in [4.78, 5) is 22.1. The van der Waals surface area contributed by atoms with Crippen LogP contribution in [0.1, 0.15) is 37.2 Å². The van der Waals surface area contributed by atoms with E-state index in [2.05, 4.69) is 5.32 Å². The van der Waals surface area contributed by atoms with Gasteiger partial charge in [0, 0.05) is 19.2 Å². The minimum atomic E-state index is -0.515. The first-order valence-corrected chi connectivity index (χ1v) is 6.26. The van der Waals surface area contributed by atoms with Crippen LogP contribution in [0.15, 0.2) is 12.3 Å². The van der Waals surface area contributed by atoms with Gasteiger partial charge in [-0.3, -0.25) is 14.9 Å². The van der Waals surface area contributed by atoms with Crippen molar-refractivity contribution in [2.75, 3.05) is 6.54 Å². The van der Waals surface area contributed by atoms with Crippen LogP contribution in [0, 0.1) is 10.1 Å². The van der Waals surface area contributed by atoms with Crippen LogP contribution in [0.3, 0.4) is 0 Å². The molecule has 1 aromatic rings. The Hall–Kier alpha value is -1.89. The van der Waals surface area contributed by atoms with E-state index in [9.17, 15) is 14.9 Å². The highest BCUT2D eigenvalue weighted by Crippen LogP contribution is 2.17. The largest absolute Gasteiger partial charge is 0.393 e. The first-order chi connectivity index (χ1) is 8.95. The molecule has 106 valence electrons. The summed E-state index contributed by atoms with van der Waals surface area (Å²) in [5, 5.41) is 22.5. The molecule has 0 radical (unpaired) electrons. The van der Waals surface area contributed by atoms with Crippen molar-refractivity contribution in [1.29, 1.82) is 0 Å². The van der Waals surface area contributed by atoms with Crippen LogP contribution in [0.5, 0.6) is 0 Å². The predicted octanol–water partition coefficient (Wildman–Crippen LogP) is 1.31. The number of rotatable bonds is 7. The van der Waals surface area contributed by atoms with Crippen molar-refractivity contribution in [3.8, 4) is 0 Å². The van der Waals surface area contributed by atoms with E-state index in [1.165, 1.54) is 12.3 Å². The number of hydrogen-bond acceptors (Lipinski definition) is 4. The van der Waals surface area contributed by atoms with Crippen molar-refractivity contribution in [2.24, 2.45) is 0 Å². The molecule has 0 saturated heterocycles. The lowest BCUT2D eigenvalue weighted by Crippen LogP contribution is -2.28. The van der Waals surface area contributed by atoms with Crippen LogP contribution < -0.4 is 5.32 Å². The highest BCUT2D eigenvalue weighted by molar-refractivity contribution is 5.93. The van der Waals surface area contributed by atoms with Gasteiger partial charge in [0.15, 0.2) is 0 Å². The van der Waals surface area contributed by atoms with E-state index in [1.807, 2.05) is 6.92 Å². The molecule has 0 fully saturated rings. The van der Waals surface area contributed by atoms with Gasteiger partial charge in [-0.25, -0.2) is 0 Å². The Kier molecular flexibility index (Phi) is 5.50. The molecule has 0 aliphatic carbocycles. The maximum Gasteiger partial charge on any atom is 0.287 e. The van der Waals surface area contributed by atoms with E-state index < -0.39 is 11.0 Å². The molecule has 1 amide bonds. The van der Waals surface area contributed by atoms with Gasteiger partial charge in [-0.05, 0) is 19.8 Å². The van der Waals surface area contributed by atoms with Crippen molar-refractivity contribution in [3.05, 3.63) is 28.1 Å². The summed E-state index contributed by atoms with van der Waals surface area (Å²) in [5.41, 5.74) is 0.188. The Morgan fingerprint density at radius 2 is 2.32 bits per heavy atom. The van der Waals surface area contributed by atoms with Crippen molar-refractivity contribution in [3.63, 3.8) is 0 Å². The fraction of sp³-hybridized carbons (Fsp3) is 0.583. The Balaban J connectivity index is 2.79. The summed E-state index contributed by atoms with van der Waals surface area (Å²) in [6, 6.07) is 1.27. The van der Waals surface area contributed by atoms with Gasteiger partial charge in [-0.1, -0.05) is 6.92 Å². The minimum Gasteiger partial charge on any atom is -0.393 e. The van der Waals surface area contributed by atoms with Crippen molar-refractivity contribution in [2.45, 2.75) is 39.3 Å². The van der Waals surface area contributed by atoms with Gasteiger partial charge in [0.2, 0.25) is 0 Å². The molecular formula is C12H19N3O4. The van der Waals surface area contributed by atoms with E-state index in [4.69, 9.17) is 5.11 Å². The first kappa shape index (κ1) is 15.2. The number of amides is 1.